The Labute approximate surface area is 115 Å². The van der Waals surface area contributed by atoms with Gasteiger partial charge in [0.25, 0.3) is 0 Å². The van der Waals surface area contributed by atoms with Crippen LogP contribution in [0.3, 0.4) is 0 Å². The quantitative estimate of drug-likeness (QED) is 0.764. The second-order valence-electron chi connectivity index (χ2n) is 4.89. The van der Waals surface area contributed by atoms with Gasteiger partial charge >= 0.3 is 18.2 Å². The molecule has 0 aromatic heterocycles. The summed E-state index contributed by atoms with van der Waals surface area (Å²) in [4.78, 5) is 23.3. The van der Waals surface area contributed by atoms with E-state index >= 15 is 0 Å². The Bertz CT molecular complexity index is 339. The molecular formula is C12H19F3N2O3. The number of carbonyl (C=O) groups excluding carboxylic acids is 1. The predicted molar refractivity (Wildman–Crippen MR) is 65.2 cm³/mol. The first-order valence-electron chi connectivity index (χ1n) is 6.62. The number of nitrogens with one attached hydrogen (secondary N) is 1. The van der Waals surface area contributed by atoms with E-state index in [0.29, 0.717) is 19.4 Å². The summed E-state index contributed by atoms with van der Waals surface area (Å²) in [5, 5.41) is 11.0. The molecule has 1 rings (SSSR count). The van der Waals surface area contributed by atoms with E-state index in [0.717, 1.165) is 0 Å². The highest BCUT2D eigenvalue weighted by atomic mass is 19.4. The number of nitrogens with zero attached hydrogens (tertiary/aromatic N) is 1. The second-order valence-corrected chi connectivity index (χ2v) is 4.89. The first-order valence-corrected chi connectivity index (χ1v) is 6.62. The van der Waals surface area contributed by atoms with Gasteiger partial charge in [-0.1, -0.05) is 0 Å². The van der Waals surface area contributed by atoms with Gasteiger partial charge in [-0.25, -0.2) is 4.79 Å². The van der Waals surface area contributed by atoms with Crippen LogP contribution in [0.4, 0.5) is 18.0 Å². The first kappa shape index (κ1) is 16.6. The van der Waals surface area contributed by atoms with Gasteiger partial charge in [-0.3, -0.25) is 4.79 Å². The summed E-state index contributed by atoms with van der Waals surface area (Å²) in [6.07, 6.45) is -3.25. The Morgan fingerprint density at radius 3 is 2.30 bits per heavy atom. The van der Waals surface area contributed by atoms with Crippen molar-refractivity contribution in [1.82, 2.24) is 10.2 Å². The van der Waals surface area contributed by atoms with Gasteiger partial charge in [0.15, 0.2) is 0 Å². The smallest absolute Gasteiger partial charge is 0.391 e. The van der Waals surface area contributed by atoms with Crippen LogP contribution in [0.2, 0.25) is 0 Å². The molecule has 0 aliphatic carbocycles. The zero-order valence-electron chi connectivity index (χ0n) is 11.1. The van der Waals surface area contributed by atoms with Gasteiger partial charge in [-0.2, -0.15) is 13.2 Å². The molecule has 0 aromatic rings. The van der Waals surface area contributed by atoms with Crippen LogP contribution in [0, 0.1) is 5.92 Å². The summed E-state index contributed by atoms with van der Waals surface area (Å²) >= 11 is 0. The number of halogens is 3. The Hall–Kier alpha value is -1.47. The van der Waals surface area contributed by atoms with Crippen molar-refractivity contribution in [2.45, 2.75) is 38.3 Å². The number of aliphatic carboxylic acids is 1. The number of hydrogen-bond donors (Lipinski definition) is 2. The van der Waals surface area contributed by atoms with E-state index in [1.807, 2.05) is 0 Å². The third-order valence-electron chi connectivity index (χ3n) is 3.34. The van der Waals surface area contributed by atoms with Crippen molar-refractivity contribution < 1.29 is 27.9 Å². The summed E-state index contributed by atoms with van der Waals surface area (Å²) in [5.41, 5.74) is 0. The topological polar surface area (TPSA) is 69.6 Å². The highest BCUT2D eigenvalue weighted by Crippen LogP contribution is 2.33. The minimum atomic E-state index is -4.18. The molecule has 0 saturated carbocycles. The lowest BCUT2D eigenvalue weighted by Gasteiger charge is -2.32. The van der Waals surface area contributed by atoms with Crippen LogP contribution in [0.25, 0.3) is 0 Å². The number of rotatable bonds is 5. The summed E-state index contributed by atoms with van der Waals surface area (Å²) < 4.78 is 37.4. The second kappa shape index (κ2) is 7.35. The number of carbonyl (C=O) groups is 2. The van der Waals surface area contributed by atoms with Gasteiger partial charge in [0.1, 0.15) is 0 Å². The van der Waals surface area contributed by atoms with E-state index in [4.69, 9.17) is 5.11 Å². The van der Waals surface area contributed by atoms with Crippen LogP contribution in [0.5, 0.6) is 0 Å². The van der Waals surface area contributed by atoms with Crippen LogP contribution < -0.4 is 5.32 Å². The van der Waals surface area contributed by atoms with Crippen molar-refractivity contribution in [2.24, 2.45) is 5.92 Å². The molecule has 0 aromatic carbocycles. The van der Waals surface area contributed by atoms with E-state index < -0.39 is 18.1 Å². The number of amides is 2. The minimum absolute atomic E-state index is 0.0485. The number of alkyl halides is 3. The van der Waals surface area contributed by atoms with Gasteiger partial charge in [-0.05, 0) is 25.7 Å². The lowest BCUT2D eigenvalue weighted by molar-refractivity contribution is -0.183. The van der Waals surface area contributed by atoms with Gasteiger partial charge in [0, 0.05) is 26.1 Å². The largest absolute Gasteiger partial charge is 0.481 e. The molecule has 5 nitrogen and oxygen atoms in total. The Morgan fingerprint density at radius 2 is 1.80 bits per heavy atom. The average Bonchev–Trinajstić information content (AvgIpc) is 2.37. The molecule has 0 radical (unpaired) electrons. The van der Waals surface area contributed by atoms with Gasteiger partial charge in [0.2, 0.25) is 0 Å². The normalized spacial score (nSPS) is 17.1. The Balaban J connectivity index is 2.18. The number of carboxylic acid groups (broad SMARTS) is 1. The zero-order chi connectivity index (χ0) is 15.2. The lowest BCUT2D eigenvalue weighted by atomic mass is 9.96. The summed E-state index contributed by atoms with van der Waals surface area (Å²) in [5.74, 6) is -2.20. The molecule has 0 spiro atoms. The van der Waals surface area contributed by atoms with Gasteiger partial charge in [0.05, 0.1) is 5.92 Å². The monoisotopic (exact) mass is 296 g/mol. The highest BCUT2D eigenvalue weighted by molar-refractivity contribution is 5.74. The molecule has 1 aliphatic rings. The lowest BCUT2D eigenvalue weighted by Crippen LogP contribution is -2.46. The van der Waals surface area contributed by atoms with Crippen LogP contribution >= 0.6 is 0 Å². The molecule has 1 heterocycles. The minimum Gasteiger partial charge on any atom is -0.481 e. The molecule has 20 heavy (non-hydrogen) atoms. The molecule has 0 bridgehead atoms. The van der Waals surface area contributed by atoms with Crippen molar-refractivity contribution in [2.75, 3.05) is 19.6 Å². The van der Waals surface area contributed by atoms with E-state index in [-0.39, 0.29) is 38.4 Å². The molecule has 0 atom stereocenters. The van der Waals surface area contributed by atoms with Crippen molar-refractivity contribution in [3.05, 3.63) is 0 Å². The van der Waals surface area contributed by atoms with Crippen LogP contribution in [0.1, 0.15) is 32.1 Å². The molecule has 2 N–H and O–H groups in total. The molecule has 8 heteroatoms. The Morgan fingerprint density at radius 1 is 1.20 bits per heavy atom. The fourth-order valence-electron chi connectivity index (χ4n) is 2.12. The number of carboxylic acids is 1. The molecule has 1 saturated heterocycles. The van der Waals surface area contributed by atoms with E-state index in [2.05, 4.69) is 5.32 Å². The Kier molecular flexibility index (Phi) is 6.09. The number of likely N-dealkylation sites (tertiary alicyclic amines) is 1. The van der Waals surface area contributed by atoms with Crippen molar-refractivity contribution >= 4 is 12.0 Å². The average molecular weight is 296 g/mol. The standard InChI is InChI=1S/C12H19F3N2O3/c13-12(14,15)9-4-7-17(8-5-9)11(20)16-6-2-1-3-10(18)19/h9H,1-8H2,(H,16,20)(H,18,19). The molecule has 0 unspecified atom stereocenters. The fourth-order valence-corrected chi connectivity index (χ4v) is 2.12. The highest BCUT2D eigenvalue weighted by Gasteiger charge is 2.41. The van der Waals surface area contributed by atoms with Crippen molar-refractivity contribution in [1.29, 1.82) is 0 Å². The zero-order valence-corrected chi connectivity index (χ0v) is 11.1. The predicted octanol–water partition coefficient (Wildman–Crippen LogP) is 2.23. The summed E-state index contributed by atoms with van der Waals surface area (Å²) in [6.45, 7) is 0.543. The molecule has 1 fully saturated rings. The van der Waals surface area contributed by atoms with E-state index in [9.17, 15) is 22.8 Å². The van der Waals surface area contributed by atoms with Crippen molar-refractivity contribution in [3.63, 3.8) is 0 Å². The summed E-state index contributed by atoms with van der Waals surface area (Å²) in [6, 6.07) is -0.374. The van der Waals surface area contributed by atoms with Crippen LogP contribution in [-0.2, 0) is 4.79 Å². The van der Waals surface area contributed by atoms with Crippen LogP contribution in [0.15, 0.2) is 0 Å². The van der Waals surface area contributed by atoms with Crippen LogP contribution in [-0.4, -0.2) is 47.8 Å². The van der Waals surface area contributed by atoms with E-state index in [1.165, 1.54) is 4.90 Å². The maximum Gasteiger partial charge on any atom is 0.391 e. The number of unbranched alkanes of at least 4 members (excludes halogenated alkanes) is 1. The number of hydrogen-bond acceptors (Lipinski definition) is 2. The summed E-state index contributed by atoms with van der Waals surface area (Å²) in [7, 11) is 0. The number of urea groups is 1. The molecular weight excluding hydrogens is 277 g/mol. The van der Waals surface area contributed by atoms with Crippen molar-refractivity contribution in [3.8, 4) is 0 Å². The van der Waals surface area contributed by atoms with Gasteiger partial charge in [-0.15, -0.1) is 0 Å². The molecule has 116 valence electrons. The maximum absolute atomic E-state index is 12.5. The fraction of sp³-hybridized carbons (Fsp3) is 0.833. The maximum atomic E-state index is 12.5. The first-order chi connectivity index (χ1) is 9.30. The van der Waals surface area contributed by atoms with E-state index in [1.54, 1.807) is 0 Å². The number of piperidine rings is 1. The molecule has 1 aliphatic heterocycles. The third-order valence-corrected chi connectivity index (χ3v) is 3.34. The van der Waals surface area contributed by atoms with Gasteiger partial charge < -0.3 is 15.3 Å². The third kappa shape index (κ3) is 5.66. The SMILES string of the molecule is O=C(O)CCCCNC(=O)N1CCC(C(F)(F)F)CC1. The molecule has 2 amide bonds.